The number of hydrogen-bond donors (Lipinski definition) is 2. The third-order valence-corrected chi connectivity index (χ3v) is 4.44. The summed E-state index contributed by atoms with van der Waals surface area (Å²) in [7, 11) is 0. The van der Waals surface area contributed by atoms with Crippen LogP contribution in [0.3, 0.4) is 0 Å². The number of nitrogens with zero attached hydrogens (tertiary/aromatic N) is 1. The zero-order valence-electron chi connectivity index (χ0n) is 14.6. The largest absolute Gasteiger partial charge is 0.478 e. The summed E-state index contributed by atoms with van der Waals surface area (Å²) in [6.45, 7) is 0. The number of nitrogens with one attached hydrogen (secondary N) is 1. The van der Waals surface area contributed by atoms with Gasteiger partial charge in [-0.1, -0.05) is 12.1 Å². The number of carboxylic acids is 1. The zero-order valence-corrected chi connectivity index (χ0v) is 14.6. The number of fused-ring (bicyclic) bond motifs is 2. The van der Waals surface area contributed by atoms with Crippen LogP contribution in [0, 0.1) is 21.7 Å². The molecule has 0 aromatic heterocycles. The fraction of sp³-hybridized carbons (Fsp3) is 0.0500. The van der Waals surface area contributed by atoms with Crippen molar-refractivity contribution in [1.29, 1.82) is 0 Å². The van der Waals surface area contributed by atoms with Crippen molar-refractivity contribution in [3.8, 4) is 11.5 Å². The van der Waals surface area contributed by atoms with E-state index in [1.54, 1.807) is 18.2 Å². The summed E-state index contributed by atoms with van der Waals surface area (Å²) < 4.78 is 32.2. The first-order chi connectivity index (χ1) is 13.8. The third kappa shape index (κ3) is 3.45. The molecule has 0 spiro atoms. The Balaban J connectivity index is 1.69. The van der Waals surface area contributed by atoms with Gasteiger partial charge in [0.05, 0.1) is 27.9 Å². The number of benzene rings is 3. The number of hydrogen-bond acceptors (Lipinski definition) is 5. The van der Waals surface area contributed by atoms with Crippen LogP contribution in [0.1, 0.15) is 21.5 Å². The fourth-order valence-electron chi connectivity index (χ4n) is 3.10. The summed E-state index contributed by atoms with van der Waals surface area (Å²) in [5.74, 6) is -2.84. The van der Waals surface area contributed by atoms with Gasteiger partial charge in [-0.05, 0) is 41.8 Å². The van der Waals surface area contributed by atoms with Gasteiger partial charge < -0.3 is 15.2 Å². The summed E-state index contributed by atoms with van der Waals surface area (Å²) in [5, 5.41) is 23.4. The van der Waals surface area contributed by atoms with E-state index in [0.717, 1.165) is 29.8 Å². The number of nitro groups is 1. The number of halogens is 2. The number of ether oxygens (including phenoxy) is 1. The van der Waals surface area contributed by atoms with Gasteiger partial charge in [0.15, 0.2) is 23.1 Å². The van der Waals surface area contributed by atoms with Crippen LogP contribution in [0.5, 0.6) is 11.5 Å². The molecule has 7 nitrogen and oxygen atoms in total. The highest BCUT2D eigenvalue weighted by Crippen LogP contribution is 2.45. The highest BCUT2D eigenvalue weighted by Gasteiger charge is 2.26. The number of rotatable bonds is 4. The Bertz CT molecular complexity index is 1180. The van der Waals surface area contributed by atoms with Gasteiger partial charge in [-0.2, -0.15) is 0 Å². The average molecular weight is 398 g/mol. The Morgan fingerprint density at radius 2 is 1.76 bits per heavy atom. The first-order valence-electron chi connectivity index (χ1n) is 8.39. The van der Waals surface area contributed by atoms with E-state index < -0.39 is 28.2 Å². The van der Waals surface area contributed by atoms with E-state index in [0.29, 0.717) is 23.4 Å². The van der Waals surface area contributed by atoms with Gasteiger partial charge in [-0.25, -0.2) is 13.6 Å². The molecule has 2 N–H and O–H groups in total. The lowest BCUT2D eigenvalue weighted by molar-refractivity contribution is -0.384. The summed E-state index contributed by atoms with van der Waals surface area (Å²) in [6.07, 6.45) is 0.311. The molecule has 29 heavy (non-hydrogen) atoms. The van der Waals surface area contributed by atoms with Gasteiger partial charge in [0.2, 0.25) is 0 Å². The molecule has 4 rings (SSSR count). The third-order valence-electron chi connectivity index (χ3n) is 4.44. The molecule has 0 amide bonds. The Labute approximate surface area is 162 Å². The van der Waals surface area contributed by atoms with Crippen molar-refractivity contribution in [3.63, 3.8) is 0 Å². The second-order valence-corrected chi connectivity index (χ2v) is 6.41. The first kappa shape index (κ1) is 18.4. The standard InChI is InChI=1S/C20H12F2N2O5/c21-14-3-1-10(6-15(14)22)5-11-2-4-17-16(7-11)23-19-13(20(25)26)8-12(24(27)28)9-18(19)29-17/h1-4,6-9,23H,5H2,(H,25,26). The number of non-ortho nitro benzene ring substituents is 1. The van der Waals surface area contributed by atoms with Crippen LogP contribution >= 0.6 is 0 Å². The highest BCUT2D eigenvalue weighted by molar-refractivity contribution is 5.99. The summed E-state index contributed by atoms with van der Waals surface area (Å²) in [6, 6.07) is 10.7. The molecule has 3 aromatic rings. The van der Waals surface area contributed by atoms with Crippen LogP contribution in [-0.4, -0.2) is 16.0 Å². The normalized spacial score (nSPS) is 11.7. The minimum Gasteiger partial charge on any atom is -0.478 e. The van der Waals surface area contributed by atoms with Crippen LogP contribution in [0.4, 0.5) is 25.8 Å². The molecule has 1 aliphatic rings. The van der Waals surface area contributed by atoms with Crippen LogP contribution in [-0.2, 0) is 6.42 Å². The van der Waals surface area contributed by atoms with Gasteiger partial charge in [0.1, 0.15) is 0 Å². The lowest BCUT2D eigenvalue weighted by Crippen LogP contribution is -2.10. The molecule has 1 aliphatic heterocycles. The quantitative estimate of drug-likeness (QED) is 0.370. The van der Waals surface area contributed by atoms with E-state index in [2.05, 4.69) is 5.32 Å². The topological polar surface area (TPSA) is 102 Å². The molecule has 1 heterocycles. The monoisotopic (exact) mass is 398 g/mol. The minimum absolute atomic E-state index is 0.0254. The first-order valence-corrected chi connectivity index (χ1v) is 8.39. The number of nitro benzene ring substituents is 1. The van der Waals surface area contributed by atoms with E-state index in [4.69, 9.17) is 4.74 Å². The number of aromatic carboxylic acids is 1. The molecule has 0 bridgehead atoms. The van der Waals surface area contributed by atoms with E-state index in [1.807, 2.05) is 0 Å². The molecular formula is C20H12F2N2O5. The molecule has 0 atom stereocenters. The summed E-state index contributed by atoms with van der Waals surface area (Å²) in [4.78, 5) is 21.9. The lowest BCUT2D eigenvalue weighted by Gasteiger charge is -2.23. The van der Waals surface area contributed by atoms with Gasteiger partial charge in [0, 0.05) is 6.07 Å². The number of carbonyl (C=O) groups is 1. The molecule has 146 valence electrons. The van der Waals surface area contributed by atoms with Crippen LogP contribution in [0.15, 0.2) is 48.5 Å². The Morgan fingerprint density at radius 1 is 1.03 bits per heavy atom. The molecule has 0 saturated heterocycles. The number of carboxylic acid groups (broad SMARTS) is 1. The second-order valence-electron chi connectivity index (χ2n) is 6.41. The van der Waals surface area contributed by atoms with Crippen LogP contribution in [0.2, 0.25) is 0 Å². The maximum absolute atomic E-state index is 13.4. The molecule has 0 radical (unpaired) electrons. The Kier molecular flexibility index (Phi) is 4.34. The molecule has 0 aliphatic carbocycles. The highest BCUT2D eigenvalue weighted by atomic mass is 19.2. The van der Waals surface area contributed by atoms with Crippen molar-refractivity contribution in [2.45, 2.75) is 6.42 Å². The van der Waals surface area contributed by atoms with Crippen LogP contribution < -0.4 is 10.1 Å². The SMILES string of the molecule is O=C(O)c1cc([N+](=O)[O-])cc2c1Nc1cc(Cc3ccc(F)c(F)c3)ccc1O2. The Morgan fingerprint density at radius 3 is 2.45 bits per heavy atom. The van der Waals surface area contributed by atoms with E-state index in [-0.39, 0.29) is 17.0 Å². The van der Waals surface area contributed by atoms with E-state index in [9.17, 15) is 28.8 Å². The van der Waals surface area contributed by atoms with Gasteiger partial charge in [-0.15, -0.1) is 0 Å². The van der Waals surface area contributed by atoms with E-state index >= 15 is 0 Å². The predicted octanol–water partition coefficient (Wildman–Crippen LogP) is 5.01. The molecule has 3 aromatic carbocycles. The van der Waals surface area contributed by atoms with E-state index in [1.165, 1.54) is 6.07 Å². The predicted molar refractivity (Wildman–Crippen MR) is 99.0 cm³/mol. The average Bonchev–Trinajstić information content (AvgIpc) is 2.68. The van der Waals surface area contributed by atoms with Crippen molar-refractivity contribution in [2.75, 3.05) is 5.32 Å². The van der Waals surface area contributed by atoms with Gasteiger partial charge in [-0.3, -0.25) is 10.1 Å². The zero-order chi connectivity index (χ0) is 20.7. The van der Waals surface area contributed by atoms with Crippen molar-refractivity contribution in [3.05, 3.63) is 87.0 Å². The molecule has 0 saturated carbocycles. The van der Waals surface area contributed by atoms with Crippen molar-refractivity contribution in [1.82, 2.24) is 0 Å². The minimum atomic E-state index is -1.34. The molecule has 9 heteroatoms. The fourth-order valence-corrected chi connectivity index (χ4v) is 3.10. The van der Waals surface area contributed by atoms with Crippen molar-refractivity contribution < 1.29 is 28.3 Å². The second kappa shape index (κ2) is 6.86. The summed E-state index contributed by atoms with van der Waals surface area (Å²) >= 11 is 0. The van der Waals surface area contributed by atoms with Crippen molar-refractivity contribution >= 4 is 23.0 Å². The van der Waals surface area contributed by atoms with Crippen molar-refractivity contribution in [2.24, 2.45) is 0 Å². The molecular weight excluding hydrogens is 386 g/mol. The molecule has 0 fully saturated rings. The van der Waals surface area contributed by atoms with Gasteiger partial charge >= 0.3 is 5.97 Å². The number of anilines is 2. The van der Waals surface area contributed by atoms with Crippen LogP contribution in [0.25, 0.3) is 0 Å². The lowest BCUT2D eigenvalue weighted by atomic mass is 10.0. The Hall–Kier alpha value is -4.01. The van der Waals surface area contributed by atoms with Gasteiger partial charge in [0.25, 0.3) is 5.69 Å². The maximum Gasteiger partial charge on any atom is 0.338 e. The maximum atomic E-state index is 13.4. The molecule has 0 unspecified atom stereocenters. The summed E-state index contributed by atoms with van der Waals surface area (Å²) in [5.41, 5.74) is 1.15. The smallest absolute Gasteiger partial charge is 0.338 e.